The van der Waals surface area contributed by atoms with Gasteiger partial charge < -0.3 is 10.5 Å². The Balaban J connectivity index is 2.61. The number of nitriles is 1. The summed E-state index contributed by atoms with van der Waals surface area (Å²) >= 11 is 0. The summed E-state index contributed by atoms with van der Waals surface area (Å²) in [5, 5.41) is 19.4. The van der Waals surface area contributed by atoms with Crippen molar-refractivity contribution in [3.05, 3.63) is 34.1 Å². The number of nitrogens with zero attached hydrogens (tertiary/aromatic N) is 2. The number of ether oxygens (including phenoxy) is 1. The maximum absolute atomic E-state index is 13.0. The monoisotopic (exact) mass is 267 g/mol. The van der Waals surface area contributed by atoms with Gasteiger partial charge in [-0.25, -0.2) is 4.39 Å². The number of hydrogen-bond acceptors (Lipinski definition) is 5. The molecule has 0 amide bonds. The molecule has 0 aliphatic heterocycles. The van der Waals surface area contributed by atoms with Crippen LogP contribution in [-0.2, 0) is 0 Å². The molecule has 0 fully saturated rings. The molecular weight excluding hydrogens is 253 g/mol. The molecule has 0 spiro atoms. The van der Waals surface area contributed by atoms with Gasteiger partial charge in [-0.3, -0.25) is 10.1 Å². The van der Waals surface area contributed by atoms with E-state index in [1.807, 2.05) is 6.07 Å². The summed E-state index contributed by atoms with van der Waals surface area (Å²) in [7, 11) is 0. The Hall–Kier alpha value is -2.20. The van der Waals surface area contributed by atoms with Crippen molar-refractivity contribution in [3.63, 3.8) is 0 Å². The van der Waals surface area contributed by atoms with E-state index in [1.54, 1.807) is 6.92 Å². The summed E-state index contributed by atoms with van der Waals surface area (Å²) in [5.74, 6) is -0.734. The molecule has 0 aliphatic rings. The maximum Gasteiger partial charge on any atom is 0.311 e. The first-order chi connectivity index (χ1) is 8.85. The quantitative estimate of drug-likeness (QED) is 0.483. The Kier molecular flexibility index (Phi) is 4.78. The van der Waals surface area contributed by atoms with Crippen LogP contribution in [0.1, 0.15) is 19.8 Å². The number of nitrogens with two attached hydrogens (primary N) is 1. The number of benzene rings is 1. The van der Waals surface area contributed by atoms with Crippen molar-refractivity contribution in [1.29, 1.82) is 5.26 Å². The maximum atomic E-state index is 13.0. The molecule has 0 aliphatic carbocycles. The Morgan fingerprint density at radius 3 is 2.89 bits per heavy atom. The number of rotatable bonds is 6. The zero-order valence-corrected chi connectivity index (χ0v) is 10.4. The first kappa shape index (κ1) is 14.9. The van der Waals surface area contributed by atoms with E-state index in [-0.39, 0.29) is 18.0 Å². The zero-order valence-electron chi connectivity index (χ0n) is 10.4. The Labute approximate surface area is 109 Å². The molecule has 7 heteroatoms. The minimum absolute atomic E-state index is 0.124. The van der Waals surface area contributed by atoms with Gasteiger partial charge in [0.15, 0.2) is 5.75 Å². The zero-order chi connectivity index (χ0) is 14.5. The summed E-state index contributed by atoms with van der Waals surface area (Å²) < 4.78 is 18.2. The molecule has 0 aromatic heterocycles. The molecule has 1 aromatic carbocycles. The van der Waals surface area contributed by atoms with Crippen molar-refractivity contribution in [2.75, 3.05) is 6.61 Å². The highest BCUT2D eigenvalue weighted by Crippen LogP contribution is 2.27. The van der Waals surface area contributed by atoms with Gasteiger partial charge in [0.2, 0.25) is 0 Å². The molecule has 0 saturated heterocycles. The molecule has 0 bridgehead atoms. The summed E-state index contributed by atoms with van der Waals surface area (Å²) in [6.07, 6.45) is 0.820. The van der Waals surface area contributed by atoms with E-state index in [1.165, 1.54) is 0 Å². The number of hydrogen-bond donors (Lipinski definition) is 1. The highest BCUT2D eigenvalue weighted by molar-refractivity contribution is 5.46. The topological polar surface area (TPSA) is 102 Å². The minimum atomic E-state index is -0.961. The molecule has 6 nitrogen and oxygen atoms in total. The number of nitro benzene ring substituents is 1. The summed E-state index contributed by atoms with van der Waals surface area (Å²) in [6.45, 7) is 1.70. The molecule has 102 valence electrons. The van der Waals surface area contributed by atoms with Gasteiger partial charge in [-0.2, -0.15) is 5.26 Å². The number of halogens is 1. The van der Waals surface area contributed by atoms with E-state index >= 15 is 0 Å². The van der Waals surface area contributed by atoms with E-state index in [0.717, 1.165) is 18.2 Å². The second-order valence-electron chi connectivity index (χ2n) is 4.35. The fourth-order valence-corrected chi connectivity index (χ4v) is 1.43. The fourth-order valence-electron chi connectivity index (χ4n) is 1.43. The Bertz CT molecular complexity index is 511. The largest absolute Gasteiger partial charge is 0.487 e. The molecule has 1 aromatic rings. The Morgan fingerprint density at radius 2 is 2.32 bits per heavy atom. The van der Waals surface area contributed by atoms with Gasteiger partial charge in [0.25, 0.3) is 0 Å². The van der Waals surface area contributed by atoms with Crippen LogP contribution in [0.15, 0.2) is 18.2 Å². The van der Waals surface area contributed by atoms with Crippen molar-refractivity contribution in [2.24, 2.45) is 5.73 Å². The van der Waals surface area contributed by atoms with Crippen molar-refractivity contribution in [2.45, 2.75) is 25.3 Å². The van der Waals surface area contributed by atoms with Crippen LogP contribution in [0.4, 0.5) is 10.1 Å². The van der Waals surface area contributed by atoms with E-state index < -0.39 is 16.3 Å². The average Bonchev–Trinajstić information content (AvgIpc) is 2.34. The van der Waals surface area contributed by atoms with Crippen molar-refractivity contribution < 1.29 is 14.1 Å². The standard InChI is InChI=1S/C12H14FN3O3/c1-12(15,8-14)5-2-6-19-11-7-9(13)3-4-10(11)16(17)18/h3-4,7H,2,5-6,15H2,1H3. The predicted octanol–water partition coefficient (Wildman–Crippen LogP) is 2.13. The smallest absolute Gasteiger partial charge is 0.311 e. The van der Waals surface area contributed by atoms with E-state index in [0.29, 0.717) is 12.8 Å². The fraction of sp³-hybridized carbons (Fsp3) is 0.417. The highest BCUT2D eigenvalue weighted by Gasteiger charge is 2.18. The van der Waals surface area contributed by atoms with E-state index in [4.69, 9.17) is 15.7 Å². The first-order valence-electron chi connectivity index (χ1n) is 5.62. The lowest BCUT2D eigenvalue weighted by molar-refractivity contribution is -0.385. The summed E-state index contributed by atoms with van der Waals surface area (Å²) in [6, 6.07) is 4.94. The third-order valence-corrected chi connectivity index (χ3v) is 2.47. The molecule has 1 atom stereocenters. The van der Waals surface area contributed by atoms with E-state index in [9.17, 15) is 14.5 Å². The molecule has 19 heavy (non-hydrogen) atoms. The van der Waals surface area contributed by atoms with Crippen LogP contribution in [0.5, 0.6) is 5.75 Å². The van der Waals surface area contributed by atoms with Crippen LogP contribution < -0.4 is 10.5 Å². The SMILES string of the molecule is CC(N)(C#N)CCCOc1cc(F)ccc1[N+](=O)[O-]. The van der Waals surface area contributed by atoms with Gasteiger partial charge in [0.1, 0.15) is 11.4 Å². The van der Waals surface area contributed by atoms with Gasteiger partial charge in [0.05, 0.1) is 17.6 Å². The first-order valence-corrected chi connectivity index (χ1v) is 5.62. The van der Waals surface area contributed by atoms with Gasteiger partial charge in [-0.1, -0.05) is 0 Å². The third-order valence-electron chi connectivity index (χ3n) is 2.47. The van der Waals surface area contributed by atoms with Gasteiger partial charge in [0, 0.05) is 12.1 Å². The molecular formula is C12H14FN3O3. The average molecular weight is 267 g/mol. The summed E-state index contributed by atoms with van der Waals surface area (Å²) in [5.41, 5.74) is 4.36. The van der Waals surface area contributed by atoms with Crippen LogP contribution in [0.2, 0.25) is 0 Å². The molecule has 0 saturated carbocycles. The van der Waals surface area contributed by atoms with Gasteiger partial charge in [-0.05, 0) is 25.8 Å². The lowest BCUT2D eigenvalue weighted by atomic mass is 10.00. The van der Waals surface area contributed by atoms with Crippen molar-refractivity contribution in [3.8, 4) is 11.8 Å². The molecule has 2 N–H and O–H groups in total. The van der Waals surface area contributed by atoms with Crippen LogP contribution in [0, 0.1) is 27.3 Å². The van der Waals surface area contributed by atoms with Crippen molar-refractivity contribution in [1.82, 2.24) is 0 Å². The number of nitro groups is 1. The second-order valence-corrected chi connectivity index (χ2v) is 4.35. The molecule has 0 heterocycles. The van der Waals surface area contributed by atoms with E-state index in [2.05, 4.69) is 0 Å². The Morgan fingerprint density at radius 1 is 1.63 bits per heavy atom. The van der Waals surface area contributed by atoms with Gasteiger partial charge in [-0.15, -0.1) is 0 Å². The lowest BCUT2D eigenvalue weighted by Crippen LogP contribution is -2.34. The normalized spacial score (nSPS) is 13.4. The third kappa shape index (κ3) is 4.52. The predicted molar refractivity (Wildman–Crippen MR) is 66.0 cm³/mol. The van der Waals surface area contributed by atoms with Crippen LogP contribution in [0.3, 0.4) is 0 Å². The minimum Gasteiger partial charge on any atom is -0.487 e. The van der Waals surface area contributed by atoms with Gasteiger partial charge >= 0.3 is 5.69 Å². The molecule has 0 radical (unpaired) electrons. The van der Waals surface area contributed by atoms with Crippen LogP contribution in [0.25, 0.3) is 0 Å². The lowest BCUT2D eigenvalue weighted by Gasteiger charge is -2.14. The van der Waals surface area contributed by atoms with Crippen LogP contribution in [-0.4, -0.2) is 17.1 Å². The molecule has 1 rings (SSSR count). The second kappa shape index (κ2) is 6.11. The highest BCUT2D eigenvalue weighted by atomic mass is 19.1. The summed E-state index contributed by atoms with van der Waals surface area (Å²) in [4.78, 5) is 10.1. The van der Waals surface area contributed by atoms with Crippen LogP contribution >= 0.6 is 0 Å². The van der Waals surface area contributed by atoms with Crippen molar-refractivity contribution >= 4 is 5.69 Å². The molecule has 1 unspecified atom stereocenters.